The molecule has 2 heteroatoms. The zero-order valence-corrected chi connectivity index (χ0v) is 9.47. The number of ketones is 1. The van der Waals surface area contributed by atoms with E-state index >= 15 is 0 Å². The number of hydrogen-bond acceptors (Lipinski definition) is 2. The SMILES string of the molecule is CC.CC(=O)CC1CCN(C)CC1. The Morgan fingerprint density at radius 2 is 1.77 bits per heavy atom. The molecule has 1 fully saturated rings. The first-order valence-electron chi connectivity index (χ1n) is 5.36. The number of piperidine rings is 1. The summed E-state index contributed by atoms with van der Waals surface area (Å²) in [4.78, 5) is 13.1. The molecule has 0 atom stereocenters. The quantitative estimate of drug-likeness (QED) is 0.658. The smallest absolute Gasteiger partial charge is 0.130 e. The third-order valence-electron chi connectivity index (χ3n) is 2.41. The third-order valence-corrected chi connectivity index (χ3v) is 2.41. The fourth-order valence-corrected chi connectivity index (χ4v) is 1.67. The van der Waals surface area contributed by atoms with Gasteiger partial charge >= 0.3 is 0 Å². The van der Waals surface area contributed by atoms with Gasteiger partial charge in [0.2, 0.25) is 0 Å². The van der Waals surface area contributed by atoms with Crippen LogP contribution in [0.3, 0.4) is 0 Å². The van der Waals surface area contributed by atoms with Crippen LogP contribution in [0, 0.1) is 5.92 Å². The molecule has 0 spiro atoms. The average Bonchev–Trinajstić information content (AvgIpc) is 2.12. The summed E-state index contributed by atoms with van der Waals surface area (Å²) in [6.07, 6.45) is 3.21. The van der Waals surface area contributed by atoms with E-state index in [0.717, 1.165) is 19.5 Å². The Bertz CT molecular complexity index is 137. The van der Waals surface area contributed by atoms with E-state index < -0.39 is 0 Å². The average molecular weight is 185 g/mol. The standard InChI is InChI=1S/C9H17NO.C2H6/c1-8(11)7-9-3-5-10(2)6-4-9;1-2/h9H,3-7H2,1-2H3;1-2H3. The van der Waals surface area contributed by atoms with Gasteiger partial charge < -0.3 is 9.69 Å². The number of Topliss-reactive ketones (excluding diaryl/α,β-unsaturated/α-hetero) is 1. The maximum atomic E-state index is 10.8. The van der Waals surface area contributed by atoms with Crippen LogP contribution < -0.4 is 0 Å². The van der Waals surface area contributed by atoms with E-state index in [9.17, 15) is 4.79 Å². The Hall–Kier alpha value is -0.370. The summed E-state index contributed by atoms with van der Waals surface area (Å²) < 4.78 is 0. The van der Waals surface area contributed by atoms with Crippen molar-refractivity contribution >= 4 is 5.78 Å². The highest BCUT2D eigenvalue weighted by Gasteiger charge is 2.17. The van der Waals surface area contributed by atoms with Gasteiger partial charge in [-0.25, -0.2) is 0 Å². The number of rotatable bonds is 2. The van der Waals surface area contributed by atoms with Crippen LogP contribution in [0.25, 0.3) is 0 Å². The van der Waals surface area contributed by atoms with Crippen LogP contribution in [0.1, 0.15) is 40.0 Å². The van der Waals surface area contributed by atoms with Crippen LogP contribution in [-0.2, 0) is 4.79 Å². The second-order valence-electron chi connectivity index (χ2n) is 3.65. The van der Waals surface area contributed by atoms with Gasteiger partial charge in [0.1, 0.15) is 5.78 Å². The molecule has 1 saturated heterocycles. The Morgan fingerprint density at radius 1 is 1.31 bits per heavy atom. The Labute approximate surface area is 82.3 Å². The molecule has 0 N–H and O–H groups in total. The lowest BCUT2D eigenvalue weighted by atomic mass is 9.92. The molecule has 0 unspecified atom stereocenters. The molecule has 1 rings (SSSR count). The molecule has 78 valence electrons. The summed E-state index contributed by atoms with van der Waals surface area (Å²) in [5.74, 6) is 1.02. The van der Waals surface area contributed by atoms with Gasteiger partial charge in [0.05, 0.1) is 0 Å². The number of carbonyl (C=O) groups is 1. The molecule has 0 bridgehead atoms. The van der Waals surface area contributed by atoms with E-state index in [0.29, 0.717) is 11.7 Å². The van der Waals surface area contributed by atoms with Gasteiger partial charge in [0.15, 0.2) is 0 Å². The number of hydrogen-bond donors (Lipinski definition) is 0. The highest BCUT2D eigenvalue weighted by Crippen LogP contribution is 2.19. The van der Waals surface area contributed by atoms with Crippen LogP contribution in [0.4, 0.5) is 0 Å². The highest BCUT2D eigenvalue weighted by atomic mass is 16.1. The van der Waals surface area contributed by atoms with E-state index in [-0.39, 0.29) is 0 Å². The maximum Gasteiger partial charge on any atom is 0.130 e. The molecule has 1 aliphatic heterocycles. The van der Waals surface area contributed by atoms with Crippen molar-refractivity contribution in [3.8, 4) is 0 Å². The van der Waals surface area contributed by atoms with Crippen molar-refractivity contribution in [1.29, 1.82) is 0 Å². The zero-order chi connectivity index (χ0) is 10.3. The maximum absolute atomic E-state index is 10.8. The van der Waals surface area contributed by atoms with Crippen LogP contribution >= 0.6 is 0 Å². The van der Waals surface area contributed by atoms with E-state index in [2.05, 4.69) is 11.9 Å². The topological polar surface area (TPSA) is 20.3 Å². The van der Waals surface area contributed by atoms with E-state index in [1.54, 1.807) is 6.92 Å². The van der Waals surface area contributed by atoms with Gasteiger partial charge in [0, 0.05) is 6.42 Å². The summed E-state index contributed by atoms with van der Waals surface area (Å²) in [6, 6.07) is 0. The number of likely N-dealkylation sites (tertiary alicyclic amines) is 1. The number of carbonyl (C=O) groups excluding carboxylic acids is 1. The Morgan fingerprint density at radius 3 is 2.15 bits per heavy atom. The molecule has 2 nitrogen and oxygen atoms in total. The minimum Gasteiger partial charge on any atom is -0.306 e. The second kappa shape index (κ2) is 7.07. The first-order chi connectivity index (χ1) is 6.18. The lowest BCUT2D eigenvalue weighted by Crippen LogP contribution is -2.30. The van der Waals surface area contributed by atoms with Crippen molar-refractivity contribution in [3.63, 3.8) is 0 Å². The van der Waals surface area contributed by atoms with Crippen molar-refractivity contribution < 1.29 is 4.79 Å². The highest BCUT2D eigenvalue weighted by molar-refractivity contribution is 5.75. The molecule has 0 radical (unpaired) electrons. The Kier molecular flexibility index (Phi) is 6.87. The summed E-state index contributed by atoms with van der Waals surface area (Å²) in [7, 11) is 2.14. The van der Waals surface area contributed by atoms with E-state index in [1.807, 2.05) is 13.8 Å². The fourth-order valence-electron chi connectivity index (χ4n) is 1.67. The third kappa shape index (κ3) is 5.81. The summed E-state index contributed by atoms with van der Waals surface area (Å²) in [5, 5.41) is 0. The van der Waals surface area contributed by atoms with Crippen molar-refractivity contribution in [2.75, 3.05) is 20.1 Å². The lowest BCUT2D eigenvalue weighted by molar-refractivity contribution is -0.118. The van der Waals surface area contributed by atoms with Gasteiger partial charge in [-0.3, -0.25) is 0 Å². The predicted octanol–water partition coefficient (Wildman–Crippen LogP) is 2.33. The van der Waals surface area contributed by atoms with Gasteiger partial charge in [-0.1, -0.05) is 13.8 Å². The minimum absolute atomic E-state index is 0.347. The van der Waals surface area contributed by atoms with Gasteiger partial charge in [-0.15, -0.1) is 0 Å². The summed E-state index contributed by atoms with van der Waals surface area (Å²) >= 11 is 0. The molecule has 1 aliphatic rings. The molecular weight excluding hydrogens is 162 g/mol. The fraction of sp³-hybridized carbons (Fsp3) is 0.909. The van der Waals surface area contributed by atoms with Crippen molar-refractivity contribution in [2.24, 2.45) is 5.92 Å². The van der Waals surface area contributed by atoms with Gasteiger partial charge in [-0.2, -0.15) is 0 Å². The summed E-state index contributed by atoms with van der Waals surface area (Å²) in [6.45, 7) is 8.02. The molecule has 0 aromatic carbocycles. The molecule has 0 aromatic rings. The normalized spacial score (nSPS) is 19.1. The van der Waals surface area contributed by atoms with E-state index in [4.69, 9.17) is 0 Å². The van der Waals surface area contributed by atoms with Crippen LogP contribution in [0.15, 0.2) is 0 Å². The monoisotopic (exact) mass is 185 g/mol. The van der Waals surface area contributed by atoms with E-state index in [1.165, 1.54) is 12.8 Å². The minimum atomic E-state index is 0.347. The molecule has 0 aromatic heterocycles. The molecule has 13 heavy (non-hydrogen) atoms. The first kappa shape index (κ1) is 12.6. The molecule has 1 heterocycles. The second-order valence-corrected chi connectivity index (χ2v) is 3.65. The molecule has 0 aliphatic carbocycles. The van der Waals surface area contributed by atoms with Crippen LogP contribution in [0.5, 0.6) is 0 Å². The first-order valence-corrected chi connectivity index (χ1v) is 5.36. The summed E-state index contributed by atoms with van der Waals surface area (Å²) in [5.41, 5.74) is 0. The predicted molar refractivity (Wildman–Crippen MR) is 56.9 cm³/mol. The molecule has 0 saturated carbocycles. The van der Waals surface area contributed by atoms with Crippen LogP contribution in [0.2, 0.25) is 0 Å². The molecule has 0 amide bonds. The number of nitrogens with zero attached hydrogens (tertiary/aromatic N) is 1. The van der Waals surface area contributed by atoms with Gasteiger partial charge in [-0.05, 0) is 45.8 Å². The van der Waals surface area contributed by atoms with Gasteiger partial charge in [0.25, 0.3) is 0 Å². The van der Waals surface area contributed by atoms with Crippen molar-refractivity contribution in [3.05, 3.63) is 0 Å². The molecular formula is C11H23NO. The Balaban J connectivity index is 0.000000671. The van der Waals surface area contributed by atoms with Crippen molar-refractivity contribution in [2.45, 2.75) is 40.0 Å². The zero-order valence-electron chi connectivity index (χ0n) is 9.47. The van der Waals surface area contributed by atoms with Crippen LogP contribution in [-0.4, -0.2) is 30.8 Å². The largest absolute Gasteiger partial charge is 0.306 e. The lowest BCUT2D eigenvalue weighted by Gasteiger charge is -2.28. The van der Waals surface area contributed by atoms with Crippen molar-refractivity contribution in [1.82, 2.24) is 4.90 Å².